The maximum absolute atomic E-state index is 13.6. The Kier molecular flexibility index (Phi) is 2.90. The summed E-state index contributed by atoms with van der Waals surface area (Å²) < 4.78 is 15.9. The highest BCUT2D eigenvalue weighted by Crippen LogP contribution is 2.23. The number of rotatable bonds is 2. The molecule has 18 heavy (non-hydrogen) atoms. The molecule has 2 aromatic rings. The highest BCUT2D eigenvalue weighted by atomic mass is 19.1. The van der Waals surface area contributed by atoms with Gasteiger partial charge in [0.15, 0.2) is 0 Å². The van der Waals surface area contributed by atoms with Crippen LogP contribution >= 0.6 is 0 Å². The van der Waals surface area contributed by atoms with Crippen LogP contribution in [0.15, 0.2) is 30.5 Å². The number of fused-ring (bicyclic) bond motifs is 1. The number of halogens is 1. The van der Waals surface area contributed by atoms with Crippen LogP contribution in [0.1, 0.15) is 30.4 Å². The molecule has 2 heterocycles. The van der Waals surface area contributed by atoms with Crippen molar-refractivity contribution < 1.29 is 4.39 Å². The Hall–Kier alpha value is -1.64. The van der Waals surface area contributed by atoms with E-state index in [1.165, 1.54) is 18.2 Å². The Labute approximate surface area is 106 Å². The summed E-state index contributed by atoms with van der Waals surface area (Å²) in [7, 11) is 0. The van der Waals surface area contributed by atoms with E-state index < -0.39 is 0 Å². The van der Waals surface area contributed by atoms with Gasteiger partial charge in [-0.25, -0.2) is 9.37 Å². The summed E-state index contributed by atoms with van der Waals surface area (Å²) in [4.78, 5) is 4.46. The molecule has 94 valence electrons. The van der Waals surface area contributed by atoms with E-state index in [2.05, 4.69) is 16.5 Å². The van der Waals surface area contributed by atoms with Gasteiger partial charge < -0.3 is 4.57 Å². The third-order valence-corrected chi connectivity index (χ3v) is 3.73. The van der Waals surface area contributed by atoms with E-state index in [1.807, 2.05) is 18.3 Å². The van der Waals surface area contributed by atoms with E-state index in [4.69, 9.17) is 0 Å². The summed E-state index contributed by atoms with van der Waals surface area (Å²) in [5.41, 5.74) is 2.02. The molecule has 0 saturated heterocycles. The largest absolute Gasteiger partial charge is 0.332 e. The molecule has 2 nitrogen and oxygen atoms in total. The highest BCUT2D eigenvalue weighted by Gasteiger charge is 2.18. The predicted molar refractivity (Wildman–Crippen MR) is 68.9 cm³/mol. The van der Waals surface area contributed by atoms with Gasteiger partial charge in [0.1, 0.15) is 11.6 Å². The fraction of sp³-hybridized carbons (Fsp3) is 0.400. The normalized spacial score (nSPS) is 18.7. The Bertz CT molecular complexity index is 559. The third kappa shape index (κ3) is 2.05. The van der Waals surface area contributed by atoms with Gasteiger partial charge in [0, 0.05) is 24.9 Å². The first kappa shape index (κ1) is 11.5. The average Bonchev–Trinajstić information content (AvgIpc) is 2.74. The lowest BCUT2D eigenvalue weighted by Gasteiger charge is -2.21. The van der Waals surface area contributed by atoms with Crippen LogP contribution in [-0.4, -0.2) is 9.55 Å². The summed E-state index contributed by atoms with van der Waals surface area (Å²) in [5, 5.41) is 0. The molecule has 3 rings (SSSR count). The van der Waals surface area contributed by atoms with E-state index in [0.29, 0.717) is 6.42 Å². The molecular formula is C15H17FN2. The van der Waals surface area contributed by atoms with Gasteiger partial charge in [-0.2, -0.15) is 0 Å². The monoisotopic (exact) mass is 244 g/mol. The van der Waals surface area contributed by atoms with Crippen molar-refractivity contribution in [1.29, 1.82) is 0 Å². The van der Waals surface area contributed by atoms with E-state index in [0.717, 1.165) is 30.3 Å². The smallest absolute Gasteiger partial charge is 0.126 e. The summed E-state index contributed by atoms with van der Waals surface area (Å²) in [6, 6.07) is 6.95. The van der Waals surface area contributed by atoms with Crippen molar-refractivity contribution in [2.75, 3.05) is 0 Å². The number of hydrogen-bond donors (Lipinski definition) is 0. The van der Waals surface area contributed by atoms with Gasteiger partial charge in [0.05, 0.1) is 0 Å². The van der Waals surface area contributed by atoms with Crippen LogP contribution in [0.5, 0.6) is 0 Å². The molecule has 3 heteroatoms. The molecule has 0 aliphatic carbocycles. The molecular weight excluding hydrogens is 227 g/mol. The molecule has 0 fully saturated rings. The topological polar surface area (TPSA) is 17.8 Å². The van der Waals surface area contributed by atoms with Crippen LogP contribution < -0.4 is 0 Å². The molecule has 1 aromatic heterocycles. The van der Waals surface area contributed by atoms with E-state index >= 15 is 0 Å². The number of hydrogen-bond acceptors (Lipinski definition) is 1. The van der Waals surface area contributed by atoms with E-state index in [-0.39, 0.29) is 5.82 Å². The summed E-state index contributed by atoms with van der Waals surface area (Å²) in [6.45, 7) is 3.29. The first-order valence-corrected chi connectivity index (χ1v) is 6.50. The van der Waals surface area contributed by atoms with Crippen LogP contribution in [0.3, 0.4) is 0 Å². The van der Waals surface area contributed by atoms with Crippen LogP contribution in [0.25, 0.3) is 0 Å². The second-order valence-corrected chi connectivity index (χ2v) is 5.18. The molecule has 0 N–H and O–H groups in total. The Morgan fingerprint density at radius 2 is 2.22 bits per heavy atom. The number of nitrogens with zero attached hydrogens (tertiary/aromatic N) is 2. The molecule has 0 spiro atoms. The van der Waals surface area contributed by atoms with Gasteiger partial charge in [0.2, 0.25) is 0 Å². The molecule has 0 bridgehead atoms. The lowest BCUT2D eigenvalue weighted by Crippen LogP contribution is -2.18. The first-order valence-electron chi connectivity index (χ1n) is 6.50. The van der Waals surface area contributed by atoms with Gasteiger partial charge in [-0.3, -0.25) is 0 Å². The maximum atomic E-state index is 13.6. The maximum Gasteiger partial charge on any atom is 0.126 e. The van der Waals surface area contributed by atoms with Crippen molar-refractivity contribution >= 4 is 0 Å². The zero-order chi connectivity index (χ0) is 12.5. The summed E-state index contributed by atoms with van der Waals surface area (Å²) in [6.07, 6.45) is 4.81. The minimum Gasteiger partial charge on any atom is -0.332 e. The van der Waals surface area contributed by atoms with Crippen molar-refractivity contribution in [2.24, 2.45) is 5.92 Å². The van der Waals surface area contributed by atoms with Gasteiger partial charge in [-0.05, 0) is 30.4 Å². The second kappa shape index (κ2) is 4.56. The summed E-state index contributed by atoms with van der Waals surface area (Å²) in [5.74, 6) is 1.58. The molecule has 1 aliphatic heterocycles. The Morgan fingerprint density at radius 1 is 1.39 bits per heavy atom. The Morgan fingerprint density at radius 3 is 3.06 bits per heavy atom. The van der Waals surface area contributed by atoms with Crippen LogP contribution in [0, 0.1) is 11.7 Å². The second-order valence-electron chi connectivity index (χ2n) is 5.18. The lowest BCUT2D eigenvalue weighted by molar-refractivity contribution is 0.410. The van der Waals surface area contributed by atoms with Crippen molar-refractivity contribution in [1.82, 2.24) is 9.55 Å². The molecule has 0 radical (unpaired) electrons. The minimum absolute atomic E-state index is 0.140. The average molecular weight is 244 g/mol. The number of aromatic nitrogens is 2. The van der Waals surface area contributed by atoms with Gasteiger partial charge in [0.25, 0.3) is 0 Å². The third-order valence-electron chi connectivity index (χ3n) is 3.73. The number of imidazole rings is 1. The molecule has 1 unspecified atom stereocenters. The fourth-order valence-electron chi connectivity index (χ4n) is 2.65. The predicted octanol–water partition coefficient (Wildman–Crippen LogP) is 3.20. The van der Waals surface area contributed by atoms with Crippen LogP contribution in [-0.2, 0) is 19.4 Å². The SMILES string of the molecule is CC1CCn2c(cnc2Cc2ccccc2F)C1. The molecule has 0 saturated carbocycles. The zero-order valence-electron chi connectivity index (χ0n) is 10.6. The van der Waals surface area contributed by atoms with E-state index in [1.54, 1.807) is 6.07 Å². The molecule has 1 aromatic carbocycles. The quantitative estimate of drug-likeness (QED) is 0.793. The Balaban J connectivity index is 1.88. The van der Waals surface area contributed by atoms with Gasteiger partial charge in [-0.1, -0.05) is 25.1 Å². The van der Waals surface area contributed by atoms with Crippen molar-refractivity contribution in [3.8, 4) is 0 Å². The highest BCUT2D eigenvalue weighted by molar-refractivity contribution is 5.22. The van der Waals surface area contributed by atoms with E-state index in [9.17, 15) is 4.39 Å². The van der Waals surface area contributed by atoms with Gasteiger partial charge in [-0.15, -0.1) is 0 Å². The fourth-order valence-corrected chi connectivity index (χ4v) is 2.65. The number of benzene rings is 1. The molecule has 1 atom stereocenters. The van der Waals surface area contributed by atoms with Crippen molar-refractivity contribution in [2.45, 2.75) is 32.7 Å². The molecule has 1 aliphatic rings. The van der Waals surface area contributed by atoms with Crippen LogP contribution in [0.2, 0.25) is 0 Å². The standard InChI is InChI=1S/C15H17FN2/c1-11-6-7-18-13(8-11)10-17-15(18)9-12-4-2-3-5-14(12)16/h2-5,10-11H,6-9H2,1H3. The summed E-state index contributed by atoms with van der Waals surface area (Å²) >= 11 is 0. The van der Waals surface area contributed by atoms with Crippen molar-refractivity contribution in [3.63, 3.8) is 0 Å². The van der Waals surface area contributed by atoms with Crippen LogP contribution in [0.4, 0.5) is 4.39 Å². The lowest BCUT2D eigenvalue weighted by atomic mass is 9.98. The minimum atomic E-state index is -0.140. The van der Waals surface area contributed by atoms with Crippen molar-refractivity contribution in [3.05, 3.63) is 53.4 Å². The molecule has 0 amide bonds. The first-order chi connectivity index (χ1) is 8.74. The zero-order valence-corrected chi connectivity index (χ0v) is 10.6. The van der Waals surface area contributed by atoms with Gasteiger partial charge >= 0.3 is 0 Å².